The molecule has 0 spiro atoms. The third-order valence-corrected chi connectivity index (χ3v) is 4.62. The zero-order chi connectivity index (χ0) is 18.2. The molecule has 0 aliphatic carbocycles. The Morgan fingerprint density at radius 2 is 1.85 bits per heavy atom. The second-order valence-electron chi connectivity index (χ2n) is 6.57. The number of hydrogen-bond donors (Lipinski definition) is 1. The number of benzene rings is 1. The van der Waals surface area contributed by atoms with Crippen LogP contribution >= 0.6 is 0 Å². The zero-order valence-electron chi connectivity index (χ0n) is 15.4. The first-order chi connectivity index (χ1) is 12.8. The lowest BCUT2D eigenvalue weighted by Crippen LogP contribution is -2.46. The van der Waals surface area contributed by atoms with Crippen LogP contribution in [-0.2, 0) is 4.79 Å². The molecule has 0 saturated carbocycles. The first-order valence-corrected chi connectivity index (χ1v) is 9.43. The quantitative estimate of drug-likeness (QED) is 0.584. The van der Waals surface area contributed by atoms with Gasteiger partial charge in [0.1, 0.15) is 5.82 Å². The second kappa shape index (κ2) is 9.17. The van der Waals surface area contributed by atoms with Gasteiger partial charge >= 0.3 is 0 Å². The molecular weight excluding hydrogens is 326 g/mol. The summed E-state index contributed by atoms with van der Waals surface area (Å²) in [5.41, 5.74) is 2.01. The summed E-state index contributed by atoms with van der Waals surface area (Å²) in [6, 6.07) is 12.2. The van der Waals surface area contributed by atoms with E-state index in [9.17, 15) is 4.79 Å². The van der Waals surface area contributed by atoms with Crippen molar-refractivity contribution in [1.29, 1.82) is 0 Å². The van der Waals surface area contributed by atoms with Gasteiger partial charge in [0.2, 0.25) is 12.4 Å². The molecule has 6 heteroatoms. The van der Waals surface area contributed by atoms with Crippen molar-refractivity contribution in [1.82, 2.24) is 14.9 Å². The van der Waals surface area contributed by atoms with E-state index >= 15 is 0 Å². The zero-order valence-corrected chi connectivity index (χ0v) is 15.4. The van der Waals surface area contributed by atoms with E-state index < -0.39 is 0 Å². The topological polar surface area (TPSA) is 61.4 Å². The standard InChI is InChI=1S/C20H27N5O/c1-2-3-7-10-21-19-15-18(17-8-5-4-6-9-17)22-20(23-19)25-13-11-24(16-26)12-14-25/h4-6,8-9,15-16H,2-3,7,10-14H2,1H3,(H,21,22,23). The molecule has 2 heterocycles. The van der Waals surface area contributed by atoms with Crippen LogP contribution in [0.25, 0.3) is 11.3 Å². The number of aromatic nitrogens is 2. The molecule has 0 atom stereocenters. The maximum absolute atomic E-state index is 10.9. The van der Waals surface area contributed by atoms with Crippen LogP contribution < -0.4 is 10.2 Å². The van der Waals surface area contributed by atoms with Crippen molar-refractivity contribution in [3.05, 3.63) is 36.4 Å². The summed E-state index contributed by atoms with van der Waals surface area (Å²) in [6.07, 6.45) is 4.46. The summed E-state index contributed by atoms with van der Waals surface area (Å²) in [5, 5.41) is 3.44. The number of carbonyl (C=O) groups excluding carboxylic acids is 1. The molecule has 1 N–H and O–H groups in total. The third-order valence-electron chi connectivity index (χ3n) is 4.62. The number of anilines is 2. The predicted octanol–water partition coefficient (Wildman–Crippen LogP) is 3.02. The summed E-state index contributed by atoms with van der Waals surface area (Å²) in [4.78, 5) is 24.4. The van der Waals surface area contributed by atoms with Gasteiger partial charge in [-0.3, -0.25) is 4.79 Å². The Morgan fingerprint density at radius 3 is 2.54 bits per heavy atom. The Hall–Kier alpha value is -2.63. The summed E-state index contributed by atoms with van der Waals surface area (Å²) in [5.74, 6) is 1.60. The molecule has 0 unspecified atom stereocenters. The van der Waals surface area contributed by atoms with Gasteiger partial charge < -0.3 is 15.1 Å². The minimum Gasteiger partial charge on any atom is -0.370 e. The highest BCUT2D eigenvalue weighted by atomic mass is 16.1. The fourth-order valence-electron chi connectivity index (χ4n) is 3.04. The minimum atomic E-state index is 0.710. The molecule has 1 aromatic carbocycles. The maximum Gasteiger partial charge on any atom is 0.227 e. The normalized spacial score (nSPS) is 14.3. The van der Waals surface area contributed by atoms with E-state index in [-0.39, 0.29) is 0 Å². The van der Waals surface area contributed by atoms with E-state index in [1.165, 1.54) is 12.8 Å². The van der Waals surface area contributed by atoms with Crippen molar-refractivity contribution in [3.63, 3.8) is 0 Å². The Balaban J connectivity index is 1.81. The number of rotatable bonds is 8. The Kier molecular flexibility index (Phi) is 6.41. The van der Waals surface area contributed by atoms with E-state index in [2.05, 4.69) is 29.3 Å². The second-order valence-corrected chi connectivity index (χ2v) is 6.57. The molecular formula is C20H27N5O. The maximum atomic E-state index is 10.9. The number of carbonyl (C=O) groups is 1. The van der Waals surface area contributed by atoms with E-state index in [0.29, 0.717) is 13.1 Å². The van der Waals surface area contributed by atoms with Crippen LogP contribution in [0, 0.1) is 0 Å². The molecule has 138 valence electrons. The van der Waals surface area contributed by atoms with Crippen molar-refractivity contribution >= 4 is 18.2 Å². The van der Waals surface area contributed by atoms with E-state index in [4.69, 9.17) is 9.97 Å². The molecule has 0 radical (unpaired) electrons. The van der Waals surface area contributed by atoms with Gasteiger partial charge in [-0.1, -0.05) is 50.1 Å². The summed E-state index contributed by atoms with van der Waals surface area (Å²) in [7, 11) is 0. The van der Waals surface area contributed by atoms with Gasteiger partial charge in [0.15, 0.2) is 0 Å². The summed E-state index contributed by atoms with van der Waals surface area (Å²) >= 11 is 0. The van der Waals surface area contributed by atoms with Crippen LogP contribution in [0.2, 0.25) is 0 Å². The highest BCUT2D eigenvalue weighted by Crippen LogP contribution is 2.23. The fraction of sp³-hybridized carbons (Fsp3) is 0.450. The monoisotopic (exact) mass is 353 g/mol. The smallest absolute Gasteiger partial charge is 0.227 e. The molecule has 0 bridgehead atoms. The lowest BCUT2D eigenvalue weighted by Gasteiger charge is -2.32. The van der Waals surface area contributed by atoms with Gasteiger partial charge in [0, 0.05) is 44.4 Å². The lowest BCUT2D eigenvalue weighted by atomic mass is 10.1. The molecule has 2 aromatic rings. The van der Waals surface area contributed by atoms with E-state index in [1.807, 2.05) is 24.3 Å². The Bertz CT molecular complexity index is 699. The SMILES string of the molecule is CCCCCNc1cc(-c2ccccc2)nc(N2CCN(C=O)CC2)n1. The molecule has 1 aliphatic heterocycles. The number of nitrogens with one attached hydrogen (secondary N) is 1. The first-order valence-electron chi connectivity index (χ1n) is 9.43. The molecule has 1 saturated heterocycles. The van der Waals surface area contributed by atoms with Gasteiger partial charge in [-0.25, -0.2) is 4.98 Å². The third kappa shape index (κ3) is 4.71. The Labute approximate surface area is 155 Å². The fourth-order valence-corrected chi connectivity index (χ4v) is 3.04. The van der Waals surface area contributed by atoms with Crippen molar-refractivity contribution in [2.24, 2.45) is 0 Å². The first kappa shape index (κ1) is 18.2. The van der Waals surface area contributed by atoms with Gasteiger partial charge in [-0.2, -0.15) is 4.98 Å². The number of unbranched alkanes of at least 4 members (excludes halogenated alkanes) is 2. The highest BCUT2D eigenvalue weighted by molar-refractivity contribution is 5.64. The molecule has 1 amide bonds. The number of nitrogens with zero attached hydrogens (tertiary/aromatic N) is 4. The minimum absolute atomic E-state index is 0.710. The van der Waals surface area contributed by atoms with Crippen LogP contribution in [0.3, 0.4) is 0 Å². The van der Waals surface area contributed by atoms with Crippen LogP contribution in [0.4, 0.5) is 11.8 Å². The van der Waals surface area contributed by atoms with Gasteiger partial charge in [0.25, 0.3) is 0 Å². The van der Waals surface area contributed by atoms with E-state index in [0.717, 1.165) is 55.5 Å². The van der Waals surface area contributed by atoms with Crippen molar-refractivity contribution in [2.75, 3.05) is 42.9 Å². The van der Waals surface area contributed by atoms with Crippen molar-refractivity contribution in [3.8, 4) is 11.3 Å². The highest BCUT2D eigenvalue weighted by Gasteiger charge is 2.19. The largest absolute Gasteiger partial charge is 0.370 e. The number of piperazine rings is 1. The molecule has 26 heavy (non-hydrogen) atoms. The number of hydrogen-bond acceptors (Lipinski definition) is 5. The average molecular weight is 353 g/mol. The number of amides is 1. The van der Waals surface area contributed by atoms with Crippen LogP contribution in [0.1, 0.15) is 26.2 Å². The molecule has 1 fully saturated rings. The average Bonchev–Trinajstić information content (AvgIpc) is 2.72. The molecule has 3 rings (SSSR count). The van der Waals surface area contributed by atoms with Crippen LogP contribution in [0.5, 0.6) is 0 Å². The summed E-state index contributed by atoms with van der Waals surface area (Å²) < 4.78 is 0. The molecule has 1 aromatic heterocycles. The van der Waals surface area contributed by atoms with Crippen LogP contribution in [-0.4, -0.2) is 54.0 Å². The van der Waals surface area contributed by atoms with Gasteiger partial charge in [0.05, 0.1) is 5.69 Å². The van der Waals surface area contributed by atoms with E-state index in [1.54, 1.807) is 4.90 Å². The predicted molar refractivity (Wildman–Crippen MR) is 105 cm³/mol. The Morgan fingerprint density at radius 1 is 1.08 bits per heavy atom. The summed E-state index contributed by atoms with van der Waals surface area (Å²) in [6.45, 7) is 6.05. The van der Waals surface area contributed by atoms with Crippen molar-refractivity contribution in [2.45, 2.75) is 26.2 Å². The van der Waals surface area contributed by atoms with Crippen molar-refractivity contribution < 1.29 is 4.79 Å². The molecule has 1 aliphatic rings. The van der Waals surface area contributed by atoms with Crippen LogP contribution in [0.15, 0.2) is 36.4 Å². The lowest BCUT2D eigenvalue weighted by molar-refractivity contribution is -0.118. The molecule has 6 nitrogen and oxygen atoms in total. The van der Waals surface area contributed by atoms with Gasteiger partial charge in [-0.05, 0) is 6.42 Å². The van der Waals surface area contributed by atoms with Gasteiger partial charge in [-0.15, -0.1) is 0 Å².